The second-order valence-corrected chi connectivity index (χ2v) is 5.92. The van der Waals surface area contributed by atoms with Crippen molar-refractivity contribution in [2.24, 2.45) is 5.84 Å². The fourth-order valence-corrected chi connectivity index (χ4v) is 3.01. The quantitative estimate of drug-likeness (QED) is 0.635. The van der Waals surface area contributed by atoms with Crippen LogP contribution in [0.25, 0.3) is 0 Å². The fourth-order valence-electron chi connectivity index (χ4n) is 2.30. The lowest BCUT2D eigenvalue weighted by molar-refractivity contribution is 0.518. The summed E-state index contributed by atoms with van der Waals surface area (Å²) in [6, 6.07) is 5.69. The number of halogens is 2. The van der Waals surface area contributed by atoms with Crippen LogP contribution in [0.5, 0.6) is 0 Å². The summed E-state index contributed by atoms with van der Waals surface area (Å²) in [5.74, 6) is 5.79. The van der Waals surface area contributed by atoms with Crippen molar-refractivity contribution < 1.29 is 0 Å². The summed E-state index contributed by atoms with van der Waals surface area (Å²) in [6.07, 6.45) is 2.81. The van der Waals surface area contributed by atoms with E-state index in [2.05, 4.69) is 33.4 Å². The molecule has 0 aliphatic carbocycles. The molecular formula is C14H18BrClN4. The van der Waals surface area contributed by atoms with Gasteiger partial charge in [0.15, 0.2) is 0 Å². The molecule has 2 rings (SSSR count). The highest BCUT2D eigenvalue weighted by atomic mass is 79.9. The molecule has 0 aliphatic rings. The minimum Gasteiger partial charge on any atom is -0.271 e. The van der Waals surface area contributed by atoms with E-state index < -0.39 is 0 Å². The van der Waals surface area contributed by atoms with Crippen LogP contribution in [0.15, 0.2) is 28.9 Å². The lowest BCUT2D eigenvalue weighted by Crippen LogP contribution is -2.31. The third-order valence-electron chi connectivity index (χ3n) is 3.33. The van der Waals surface area contributed by atoms with E-state index in [0.29, 0.717) is 0 Å². The van der Waals surface area contributed by atoms with Crippen molar-refractivity contribution >= 4 is 27.5 Å². The van der Waals surface area contributed by atoms with Crippen molar-refractivity contribution in [1.82, 2.24) is 15.2 Å². The van der Waals surface area contributed by atoms with E-state index in [4.69, 9.17) is 17.4 Å². The maximum Gasteiger partial charge on any atom is 0.0892 e. The molecule has 3 N–H and O–H groups in total. The Labute approximate surface area is 132 Å². The van der Waals surface area contributed by atoms with E-state index in [9.17, 15) is 0 Å². The second-order valence-electron chi connectivity index (χ2n) is 4.65. The molecule has 20 heavy (non-hydrogen) atoms. The smallest absolute Gasteiger partial charge is 0.0892 e. The zero-order valence-corrected chi connectivity index (χ0v) is 13.9. The Morgan fingerprint density at radius 3 is 2.90 bits per heavy atom. The van der Waals surface area contributed by atoms with E-state index in [1.807, 2.05) is 29.8 Å². The number of nitrogens with one attached hydrogen (secondary N) is 1. The summed E-state index contributed by atoms with van der Waals surface area (Å²) in [7, 11) is 0. The fraction of sp³-hybridized carbons (Fsp3) is 0.357. The van der Waals surface area contributed by atoms with E-state index in [1.165, 1.54) is 0 Å². The topological polar surface area (TPSA) is 55.9 Å². The molecule has 0 aliphatic heterocycles. The van der Waals surface area contributed by atoms with E-state index in [0.717, 1.165) is 39.3 Å². The molecule has 0 bridgehead atoms. The second kappa shape index (κ2) is 6.72. The number of benzene rings is 1. The minimum absolute atomic E-state index is 0.155. The third-order valence-corrected chi connectivity index (χ3v) is 4.35. The summed E-state index contributed by atoms with van der Waals surface area (Å²) in [6.45, 7) is 4.96. The molecule has 1 unspecified atom stereocenters. The zero-order chi connectivity index (χ0) is 14.7. The van der Waals surface area contributed by atoms with Gasteiger partial charge in [0, 0.05) is 11.6 Å². The zero-order valence-electron chi connectivity index (χ0n) is 11.5. The SMILES string of the molecule is CCCn1ncc(Br)c1C(NN)c1cccc(Cl)c1C. The van der Waals surface area contributed by atoms with Crippen molar-refractivity contribution in [3.8, 4) is 0 Å². The highest BCUT2D eigenvalue weighted by molar-refractivity contribution is 9.10. The average molecular weight is 358 g/mol. The number of hydrazine groups is 1. The Hall–Kier alpha value is -0.880. The Morgan fingerprint density at radius 1 is 1.50 bits per heavy atom. The number of aryl methyl sites for hydroxylation is 1. The van der Waals surface area contributed by atoms with Crippen LogP contribution < -0.4 is 11.3 Å². The number of nitrogens with zero attached hydrogens (tertiary/aromatic N) is 2. The average Bonchev–Trinajstić information content (AvgIpc) is 2.78. The Kier molecular flexibility index (Phi) is 5.21. The molecule has 4 nitrogen and oxygen atoms in total. The molecule has 2 aromatic rings. The van der Waals surface area contributed by atoms with Gasteiger partial charge in [0.2, 0.25) is 0 Å². The van der Waals surface area contributed by atoms with E-state index in [-0.39, 0.29) is 6.04 Å². The third kappa shape index (κ3) is 2.91. The van der Waals surface area contributed by atoms with Crippen LogP contribution >= 0.6 is 27.5 Å². The molecular weight excluding hydrogens is 340 g/mol. The van der Waals surface area contributed by atoms with Crippen molar-refractivity contribution in [1.29, 1.82) is 0 Å². The summed E-state index contributed by atoms with van der Waals surface area (Å²) in [5.41, 5.74) is 5.97. The molecule has 0 spiro atoms. The van der Waals surface area contributed by atoms with Gasteiger partial charge in [-0.2, -0.15) is 5.10 Å². The molecule has 0 fully saturated rings. The first-order valence-corrected chi connectivity index (χ1v) is 7.69. The van der Waals surface area contributed by atoms with Gasteiger partial charge in [-0.05, 0) is 46.5 Å². The van der Waals surface area contributed by atoms with E-state index >= 15 is 0 Å². The predicted molar refractivity (Wildman–Crippen MR) is 85.6 cm³/mol. The summed E-state index contributed by atoms with van der Waals surface area (Å²) in [4.78, 5) is 0. The van der Waals surface area contributed by atoms with Crippen LogP contribution in [-0.2, 0) is 6.54 Å². The molecule has 1 aromatic carbocycles. The molecule has 0 saturated carbocycles. The Morgan fingerprint density at radius 2 is 2.25 bits per heavy atom. The largest absolute Gasteiger partial charge is 0.271 e. The first-order valence-electron chi connectivity index (χ1n) is 6.52. The first kappa shape index (κ1) is 15.5. The number of hydrogen-bond acceptors (Lipinski definition) is 3. The van der Waals surface area contributed by atoms with Crippen LogP contribution in [0.4, 0.5) is 0 Å². The van der Waals surface area contributed by atoms with Crippen LogP contribution in [0.3, 0.4) is 0 Å². The molecule has 6 heteroatoms. The predicted octanol–water partition coefficient (Wildman–Crippen LogP) is 3.57. The van der Waals surface area contributed by atoms with Gasteiger partial charge in [-0.25, -0.2) is 5.43 Å². The monoisotopic (exact) mass is 356 g/mol. The molecule has 1 heterocycles. The normalized spacial score (nSPS) is 12.7. The molecule has 1 atom stereocenters. The molecule has 0 radical (unpaired) electrons. The maximum atomic E-state index is 6.21. The number of hydrogen-bond donors (Lipinski definition) is 2. The van der Waals surface area contributed by atoms with Crippen molar-refractivity contribution in [3.05, 3.63) is 50.7 Å². The summed E-state index contributed by atoms with van der Waals surface area (Å²) < 4.78 is 2.91. The van der Waals surface area contributed by atoms with Crippen LogP contribution in [-0.4, -0.2) is 9.78 Å². The standard InChI is InChI=1S/C14H18BrClN4/c1-3-7-20-14(11(15)8-18-20)13(19-17)10-5-4-6-12(16)9(10)2/h4-6,8,13,19H,3,7,17H2,1-2H3. The Balaban J connectivity index is 2.52. The lowest BCUT2D eigenvalue weighted by Gasteiger charge is -2.21. The summed E-state index contributed by atoms with van der Waals surface area (Å²) in [5, 5.41) is 5.13. The molecule has 0 amide bonds. The molecule has 108 valence electrons. The van der Waals surface area contributed by atoms with Crippen molar-refractivity contribution in [2.75, 3.05) is 0 Å². The van der Waals surface area contributed by atoms with Gasteiger partial charge < -0.3 is 0 Å². The van der Waals surface area contributed by atoms with Crippen LogP contribution in [0.1, 0.15) is 36.2 Å². The maximum absolute atomic E-state index is 6.21. The van der Waals surface area contributed by atoms with Gasteiger partial charge >= 0.3 is 0 Å². The molecule has 0 saturated heterocycles. The Bertz CT molecular complexity index is 597. The van der Waals surface area contributed by atoms with Gasteiger partial charge in [-0.3, -0.25) is 10.5 Å². The van der Waals surface area contributed by atoms with Gasteiger partial charge in [0.05, 0.1) is 22.4 Å². The van der Waals surface area contributed by atoms with Crippen LogP contribution in [0, 0.1) is 6.92 Å². The van der Waals surface area contributed by atoms with Gasteiger partial charge in [0.1, 0.15) is 0 Å². The lowest BCUT2D eigenvalue weighted by atomic mass is 9.99. The number of nitrogens with two attached hydrogens (primary N) is 1. The van der Waals surface area contributed by atoms with E-state index in [1.54, 1.807) is 6.20 Å². The molecule has 1 aromatic heterocycles. The van der Waals surface area contributed by atoms with Crippen molar-refractivity contribution in [2.45, 2.75) is 32.9 Å². The van der Waals surface area contributed by atoms with Crippen LogP contribution in [0.2, 0.25) is 5.02 Å². The van der Waals surface area contributed by atoms with Crippen molar-refractivity contribution in [3.63, 3.8) is 0 Å². The number of aromatic nitrogens is 2. The highest BCUT2D eigenvalue weighted by Crippen LogP contribution is 2.32. The highest BCUT2D eigenvalue weighted by Gasteiger charge is 2.22. The van der Waals surface area contributed by atoms with Gasteiger partial charge in [-0.1, -0.05) is 30.7 Å². The summed E-state index contributed by atoms with van der Waals surface area (Å²) >= 11 is 9.77. The number of rotatable bonds is 5. The van der Waals surface area contributed by atoms with Gasteiger partial charge in [0.25, 0.3) is 0 Å². The first-order chi connectivity index (χ1) is 9.60. The minimum atomic E-state index is -0.155. The van der Waals surface area contributed by atoms with Gasteiger partial charge in [-0.15, -0.1) is 0 Å².